The number of alkyl halides is 4. The van der Waals surface area contributed by atoms with Crippen LogP contribution in [0.3, 0.4) is 0 Å². The number of carbonyl (C=O) groups excluding carboxylic acids is 3. The first-order valence-corrected chi connectivity index (χ1v) is 17.8. The number of aromatic nitrogens is 3. The molecule has 0 fully saturated rings. The summed E-state index contributed by atoms with van der Waals surface area (Å²) in [5.41, 5.74) is -2.16. The Kier molecular flexibility index (Phi) is 15.9. The van der Waals surface area contributed by atoms with E-state index in [1.54, 1.807) is 13.0 Å². The lowest BCUT2D eigenvalue weighted by atomic mass is 10.1. The van der Waals surface area contributed by atoms with Crippen LogP contribution >= 0.6 is 23.2 Å². The van der Waals surface area contributed by atoms with Gasteiger partial charge in [0.2, 0.25) is 5.95 Å². The van der Waals surface area contributed by atoms with E-state index >= 15 is 0 Å². The van der Waals surface area contributed by atoms with E-state index in [0.29, 0.717) is 6.07 Å². The molecule has 24 heteroatoms. The molecule has 0 bridgehead atoms. The molecule has 0 aliphatic rings. The summed E-state index contributed by atoms with van der Waals surface area (Å²) >= 11 is 11.4. The number of urea groups is 1. The molecule has 1 heterocycles. The van der Waals surface area contributed by atoms with E-state index < -0.39 is 62.5 Å². The number of sulfonamides is 1. The molecule has 4 aromatic rings. The molecular weight excluding hydrogens is 820 g/mol. The first-order chi connectivity index (χ1) is 26.4. The fraction of sp³-hybridized carbons (Fsp3) is 0.250. The quantitative estimate of drug-likeness (QED) is 0.0631. The maximum Gasteiger partial charge on any atom is 0.416 e. The Balaban J connectivity index is 0.000000303. The van der Waals surface area contributed by atoms with Gasteiger partial charge in [0.25, 0.3) is 15.7 Å². The number of esters is 2. The molecule has 18 nitrogen and oxygen atoms in total. The van der Waals surface area contributed by atoms with Gasteiger partial charge in [0.05, 0.1) is 35.1 Å². The smallest absolute Gasteiger partial charge is 0.416 e. The third kappa shape index (κ3) is 13.1. The Morgan fingerprint density at radius 2 is 1.70 bits per heavy atom. The second kappa shape index (κ2) is 20.1. The van der Waals surface area contributed by atoms with Crippen LogP contribution in [0.1, 0.15) is 28.7 Å². The molecule has 0 unspecified atom stereocenters. The molecule has 0 atom stereocenters. The van der Waals surface area contributed by atoms with E-state index in [0.717, 1.165) is 30.3 Å². The summed E-state index contributed by atoms with van der Waals surface area (Å²) in [6.45, 7) is 2.50. The average molecular weight is 850 g/mol. The Morgan fingerprint density at radius 3 is 2.32 bits per heavy atom. The standard InChI is InChI=1S/C18H13ClF3NO7.C14H16ClN5O5S/c1-2-28-16(24)9-29-17(25)12-8-11(4-5-14(12)23(26)27)30-15-6-3-10(7-13(15)19)18(20,21)22;1-9-16-12(19-14(17-9)24-2)18-13(21)20-26(22,23)11-6-4-3-5-10(11)25-8-7-15/h3-8H,2,9H2,1H3;3-6H,7-8H2,1-2H3,(H2,16,17,18,19,20,21). The lowest BCUT2D eigenvalue weighted by Gasteiger charge is -2.12. The maximum atomic E-state index is 12.7. The largest absolute Gasteiger partial charge is 0.491 e. The van der Waals surface area contributed by atoms with Crippen LogP contribution in [0.4, 0.5) is 29.6 Å². The molecule has 0 aliphatic carbocycles. The van der Waals surface area contributed by atoms with Crippen LogP contribution in [0.15, 0.2) is 65.6 Å². The van der Waals surface area contributed by atoms with Gasteiger partial charge in [-0.3, -0.25) is 15.4 Å². The van der Waals surface area contributed by atoms with Crippen molar-refractivity contribution in [3.63, 3.8) is 0 Å². The summed E-state index contributed by atoms with van der Waals surface area (Å²) in [6.07, 6.45) is -4.61. The molecule has 2 N–H and O–H groups in total. The zero-order chi connectivity index (χ0) is 41.6. The number of nitrogens with zero attached hydrogens (tertiary/aromatic N) is 4. The molecule has 3 aromatic carbocycles. The number of carbonyl (C=O) groups is 3. The van der Waals surface area contributed by atoms with Crippen LogP contribution in [-0.4, -0.2) is 79.1 Å². The Labute approximate surface area is 325 Å². The van der Waals surface area contributed by atoms with Crippen LogP contribution in [0.5, 0.6) is 23.3 Å². The first-order valence-electron chi connectivity index (χ1n) is 15.4. The van der Waals surface area contributed by atoms with Crippen molar-refractivity contribution < 1.29 is 64.6 Å². The van der Waals surface area contributed by atoms with E-state index in [1.807, 2.05) is 4.72 Å². The molecule has 0 saturated carbocycles. The van der Waals surface area contributed by atoms with Gasteiger partial charge in [-0.15, -0.1) is 11.6 Å². The van der Waals surface area contributed by atoms with Gasteiger partial charge in [0.15, 0.2) is 6.61 Å². The lowest BCUT2D eigenvalue weighted by molar-refractivity contribution is -0.385. The molecule has 1 aromatic heterocycles. The lowest BCUT2D eigenvalue weighted by Crippen LogP contribution is -2.35. The molecular formula is C32H29Cl2F3N6O12S. The molecule has 0 radical (unpaired) electrons. The summed E-state index contributed by atoms with van der Waals surface area (Å²) in [7, 11) is -2.85. The highest BCUT2D eigenvalue weighted by molar-refractivity contribution is 7.90. The normalized spacial score (nSPS) is 10.9. The van der Waals surface area contributed by atoms with E-state index in [-0.39, 0.29) is 64.0 Å². The predicted octanol–water partition coefficient (Wildman–Crippen LogP) is 6.10. The average Bonchev–Trinajstić information content (AvgIpc) is 3.13. The van der Waals surface area contributed by atoms with Gasteiger partial charge < -0.3 is 23.7 Å². The first kappa shape index (κ1) is 44.4. The molecule has 0 saturated heterocycles. The van der Waals surface area contributed by atoms with Gasteiger partial charge in [0.1, 0.15) is 40.1 Å². The molecule has 56 heavy (non-hydrogen) atoms. The monoisotopic (exact) mass is 848 g/mol. The topological polar surface area (TPSA) is 237 Å². The van der Waals surface area contributed by atoms with Crippen LogP contribution in [0.25, 0.3) is 0 Å². The van der Waals surface area contributed by atoms with Crippen LogP contribution in [0.2, 0.25) is 5.02 Å². The number of aryl methyl sites for hydroxylation is 1. The van der Waals surface area contributed by atoms with E-state index in [1.165, 1.54) is 32.2 Å². The van der Waals surface area contributed by atoms with Gasteiger partial charge in [0, 0.05) is 12.1 Å². The van der Waals surface area contributed by atoms with Crippen molar-refractivity contribution in [2.75, 3.05) is 38.1 Å². The van der Waals surface area contributed by atoms with Gasteiger partial charge in [-0.05, 0) is 50.2 Å². The maximum absolute atomic E-state index is 12.7. The second-order valence-corrected chi connectivity index (χ2v) is 12.7. The summed E-state index contributed by atoms with van der Waals surface area (Å²) in [5, 5.41) is 13.0. The third-order valence-corrected chi connectivity index (χ3v) is 8.15. The zero-order valence-corrected chi connectivity index (χ0v) is 31.4. The van der Waals surface area contributed by atoms with Crippen molar-refractivity contribution in [2.45, 2.75) is 24.9 Å². The van der Waals surface area contributed by atoms with Gasteiger partial charge in [-0.25, -0.2) is 27.5 Å². The fourth-order valence-corrected chi connectivity index (χ4v) is 5.39. The van der Waals surface area contributed by atoms with Crippen molar-refractivity contribution in [1.82, 2.24) is 19.7 Å². The number of hydrogen-bond donors (Lipinski definition) is 2. The number of methoxy groups -OCH3 is 1. The highest BCUT2D eigenvalue weighted by atomic mass is 35.5. The SMILES string of the molecule is CCOC(=O)COC(=O)c1cc(Oc2ccc(C(F)(F)F)cc2Cl)ccc1[N+](=O)[O-].COc1nc(C)nc(NC(=O)NS(=O)(=O)c2ccccc2OCCCl)n1. The minimum Gasteiger partial charge on any atom is -0.491 e. The third-order valence-electron chi connectivity index (χ3n) is 6.33. The number of anilines is 1. The number of nitro groups is 1. The highest BCUT2D eigenvalue weighted by Gasteiger charge is 2.31. The second-order valence-electron chi connectivity index (χ2n) is 10.3. The number of amides is 2. The number of hydrogen-bond acceptors (Lipinski definition) is 15. The summed E-state index contributed by atoms with van der Waals surface area (Å²) < 4.78 is 89.7. The van der Waals surface area contributed by atoms with Gasteiger partial charge >= 0.3 is 30.2 Å². The van der Waals surface area contributed by atoms with Gasteiger partial charge in [-0.1, -0.05) is 23.7 Å². The van der Waals surface area contributed by atoms with Crippen molar-refractivity contribution in [3.8, 4) is 23.3 Å². The molecule has 0 aliphatic heterocycles. The van der Waals surface area contributed by atoms with E-state index in [4.69, 9.17) is 42.1 Å². The Bertz CT molecular complexity index is 2180. The molecule has 0 spiro atoms. The Morgan fingerprint density at radius 1 is 0.982 bits per heavy atom. The summed E-state index contributed by atoms with van der Waals surface area (Å²) in [4.78, 5) is 57.1. The van der Waals surface area contributed by atoms with Crippen molar-refractivity contribution in [2.24, 2.45) is 0 Å². The predicted molar refractivity (Wildman–Crippen MR) is 190 cm³/mol. The number of nitro benzene ring substituents is 1. The fourth-order valence-electron chi connectivity index (χ4n) is 4.04. The number of para-hydroxylation sites is 1. The van der Waals surface area contributed by atoms with Crippen molar-refractivity contribution in [3.05, 3.63) is 92.8 Å². The summed E-state index contributed by atoms with van der Waals surface area (Å²) in [6, 6.07) is 10.1. The van der Waals surface area contributed by atoms with Gasteiger partial charge in [-0.2, -0.15) is 28.1 Å². The number of halogens is 5. The summed E-state index contributed by atoms with van der Waals surface area (Å²) in [5.74, 6) is -1.97. The molecule has 4 rings (SSSR count). The van der Waals surface area contributed by atoms with Crippen LogP contribution in [0, 0.1) is 17.0 Å². The van der Waals surface area contributed by atoms with Crippen molar-refractivity contribution >= 4 is 62.8 Å². The van der Waals surface area contributed by atoms with Crippen LogP contribution in [-0.2, 0) is 30.5 Å². The minimum atomic E-state index is -4.61. The highest BCUT2D eigenvalue weighted by Crippen LogP contribution is 2.37. The number of rotatable bonds is 14. The van der Waals surface area contributed by atoms with Crippen LogP contribution < -0.4 is 24.2 Å². The van der Waals surface area contributed by atoms with E-state index in [2.05, 4.69) is 25.0 Å². The van der Waals surface area contributed by atoms with E-state index in [9.17, 15) is 46.1 Å². The zero-order valence-electron chi connectivity index (χ0n) is 29.1. The number of benzene rings is 3. The number of nitrogens with one attached hydrogen (secondary N) is 2. The number of ether oxygens (including phenoxy) is 5. The molecule has 300 valence electrons. The molecule has 2 amide bonds. The Hall–Kier alpha value is -6.00. The van der Waals surface area contributed by atoms with Crippen molar-refractivity contribution in [1.29, 1.82) is 0 Å². The minimum absolute atomic E-state index is 0.0181.